The maximum absolute atomic E-state index is 13.4. The van der Waals surface area contributed by atoms with E-state index >= 15 is 0 Å². The zero-order valence-electron chi connectivity index (χ0n) is 19.2. The van der Waals surface area contributed by atoms with Gasteiger partial charge in [0.15, 0.2) is 0 Å². The van der Waals surface area contributed by atoms with Gasteiger partial charge in [0.05, 0.1) is 38.6 Å². The Balaban J connectivity index is 1.94. The quantitative estimate of drug-likeness (QED) is 0.384. The van der Waals surface area contributed by atoms with E-state index < -0.39 is 10.8 Å². The lowest BCUT2D eigenvalue weighted by Crippen LogP contribution is -2.28. The van der Waals surface area contributed by atoms with Crippen LogP contribution in [0.2, 0.25) is 0 Å². The molecule has 3 rings (SSSR count). The molecule has 0 saturated heterocycles. The van der Waals surface area contributed by atoms with Crippen molar-refractivity contribution in [3.05, 3.63) is 76.7 Å². The van der Waals surface area contributed by atoms with Crippen LogP contribution >= 0.6 is 11.3 Å². The van der Waals surface area contributed by atoms with Crippen molar-refractivity contribution in [2.45, 2.75) is 43.9 Å². The van der Waals surface area contributed by atoms with Crippen LogP contribution < -0.4 is 5.32 Å². The molecule has 0 saturated carbocycles. The van der Waals surface area contributed by atoms with Gasteiger partial charge in [0.25, 0.3) is 5.91 Å². The molecule has 1 amide bonds. The van der Waals surface area contributed by atoms with E-state index in [1.165, 1.54) is 23.5 Å². The van der Waals surface area contributed by atoms with Gasteiger partial charge in [-0.2, -0.15) is 5.10 Å². The third kappa shape index (κ3) is 5.75. The summed E-state index contributed by atoms with van der Waals surface area (Å²) in [6.45, 7) is 5.86. The molecule has 1 N–H and O–H groups in total. The lowest BCUT2D eigenvalue weighted by atomic mass is 10.0. The predicted octanol–water partition coefficient (Wildman–Crippen LogP) is 5.90. The van der Waals surface area contributed by atoms with Crippen molar-refractivity contribution in [1.82, 2.24) is 15.1 Å². The molecule has 5 nitrogen and oxygen atoms in total. The molecule has 0 aliphatic carbocycles. The second kappa shape index (κ2) is 11.3. The van der Waals surface area contributed by atoms with Gasteiger partial charge in [-0.15, -0.1) is 11.3 Å². The number of nitrogens with one attached hydrogen (secondary N) is 1. The first kappa shape index (κ1) is 24.8. The van der Waals surface area contributed by atoms with Crippen LogP contribution in [-0.2, 0) is 15.6 Å². The van der Waals surface area contributed by atoms with Crippen LogP contribution in [0.25, 0.3) is 17.3 Å². The smallest absolute Gasteiger partial charge is 0.252 e. The van der Waals surface area contributed by atoms with E-state index in [1.807, 2.05) is 45.1 Å². The molecule has 1 aromatic carbocycles. The van der Waals surface area contributed by atoms with Crippen LogP contribution in [0.15, 0.2) is 59.0 Å². The van der Waals surface area contributed by atoms with Crippen molar-refractivity contribution in [2.24, 2.45) is 0 Å². The van der Waals surface area contributed by atoms with Crippen LogP contribution in [0.1, 0.15) is 55.8 Å². The normalized spacial score (nSPS) is 13.9. The molecule has 0 aliphatic rings. The van der Waals surface area contributed by atoms with Crippen LogP contribution in [-0.4, -0.2) is 26.2 Å². The van der Waals surface area contributed by atoms with Gasteiger partial charge >= 0.3 is 0 Å². The van der Waals surface area contributed by atoms with Crippen molar-refractivity contribution >= 4 is 39.7 Å². The Hall–Kier alpha value is -2.84. The number of thiophene rings is 1. The van der Waals surface area contributed by atoms with Crippen molar-refractivity contribution in [1.29, 1.82) is 0 Å². The molecular weight excluding hydrogens is 457 g/mol. The molecule has 0 fully saturated rings. The van der Waals surface area contributed by atoms with E-state index in [0.29, 0.717) is 23.2 Å². The Morgan fingerprint density at radius 1 is 1.24 bits per heavy atom. The van der Waals surface area contributed by atoms with Crippen molar-refractivity contribution in [2.75, 3.05) is 6.26 Å². The first-order valence-electron chi connectivity index (χ1n) is 10.8. The number of allylic oxidation sites excluding steroid dienone is 2. The summed E-state index contributed by atoms with van der Waals surface area (Å²) in [5, 5.41) is 7.61. The SMILES string of the molecule is C/C=C(/C(=O)NC(CC)c1ccc(S(C)=O)s1)c1cnn(-c2ccc(F)cc2)c1C=CCC. The molecule has 8 heteroatoms. The number of carbonyl (C=O) groups is 1. The molecular formula is C25H28FN3O2S2. The van der Waals surface area contributed by atoms with Gasteiger partial charge in [0.1, 0.15) is 5.82 Å². The van der Waals surface area contributed by atoms with E-state index in [1.54, 1.807) is 35.3 Å². The predicted molar refractivity (Wildman–Crippen MR) is 134 cm³/mol. The van der Waals surface area contributed by atoms with Crippen LogP contribution in [0, 0.1) is 5.82 Å². The Labute approximate surface area is 200 Å². The number of benzene rings is 1. The minimum Gasteiger partial charge on any atom is -0.344 e. The molecule has 0 radical (unpaired) electrons. The average Bonchev–Trinajstić information content (AvgIpc) is 3.45. The van der Waals surface area contributed by atoms with Crippen molar-refractivity contribution in [3.8, 4) is 5.69 Å². The highest BCUT2D eigenvalue weighted by Crippen LogP contribution is 2.29. The number of aromatic nitrogens is 2. The fourth-order valence-corrected chi connectivity index (χ4v) is 5.33. The zero-order chi connectivity index (χ0) is 24.0. The van der Waals surface area contributed by atoms with Crippen LogP contribution in [0.3, 0.4) is 0 Å². The summed E-state index contributed by atoms with van der Waals surface area (Å²) in [5.41, 5.74) is 2.66. The Morgan fingerprint density at radius 2 is 1.97 bits per heavy atom. The Bertz CT molecular complexity index is 1190. The number of carbonyl (C=O) groups excluding carboxylic acids is 1. The van der Waals surface area contributed by atoms with Crippen molar-refractivity contribution in [3.63, 3.8) is 0 Å². The lowest BCUT2D eigenvalue weighted by Gasteiger charge is -2.17. The highest BCUT2D eigenvalue weighted by atomic mass is 32.2. The largest absolute Gasteiger partial charge is 0.344 e. The van der Waals surface area contributed by atoms with E-state index in [4.69, 9.17) is 0 Å². The average molecular weight is 486 g/mol. The summed E-state index contributed by atoms with van der Waals surface area (Å²) in [7, 11) is -1.05. The van der Waals surface area contributed by atoms with E-state index in [0.717, 1.165) is 21.2 Å². The maximum Gasteiger partial charge on any atom is 0.252 e. The number of hydrogen-bond donors (Lipinski definition) is 1. The topological polar surface area (TPSA) is 64.0 Å². The molecule has 0 bridgehead atoms. The molecule has 3 aromatic rings. The Morgan fingerprint density at radius 3 is 2.55 bits per heavy atom. The minimum atomic E-state index is -1.05. The number of hydrogen-bond acceptors (Lipinski definition) is 4. The molecule has 2 aromatic heterocycles. The van der Waals surface area contributed by atoms with Crippen LogP contribution in [0.5, 0.6) is 0 Å². The number of rotatable bonds is 9. The van der Waals surface area contributed by atoms with E-state index in [9.17, 15) is 13.4 Å². The van der Waals surface area contributed by atoms with E-state index in [-0.39, 0.29) is 17.8 Å². The summed E-state index contributed by atoms with van der Waals surface area (Å²) >= 11 is 1.45. The van der Waals surface area contributed by atoms with Crippen LogP contribution in [0.4, 0.5) is 4.39 Å². The van der Waals surface area contributed by atoms with Crippen molar-refractivity contribution < 1.29 is 13.4 Å². The third-order valence-electron chi connectivity index (χ3n) is 5.15. The van der Waals surface area contributed by atoms with Gasteiger partial charge < -0.3 is 5.32 Å². The number of amides is 1. The molecule has 2 heterocycles. The minimum absolute atomic E-state index is 0.184. The lowest BCUT2D eigenvalue weighted by molar-refractivity contribution is -0.116. The first-order chi connectivity index (χ1) is 15.9. The van der Waals surface area contributed by atoms with Gasteiger partial charge in [-0.25, -0.2) is 9.07 Å². The molecule has 2 unspecified atom stereocenters. The Kier molecular flexibility index (Phi) is 8.52. The van der Waals surface area contributed by atoms with E-state index in [2.05, 4.69) is 10.4 Å². The highest BCUT2D eigenvalue weighted by Gasteiger charge is 2.22. The molecule has 2 atom stereocenters. The molecule has 0 spiro atoms. The summed E-state index contributed by atoms with van der Waals surface area (Å²) in [6.07, 6.45) is 10.5. The van der Waals surface area contributed by atoms with Gasteiger partial charge in [-0.3, -0.25) is 9.00 Å². The molecule has 33 heavy (non-hydrogen) atoms. The second-order valence-electron chi connectivity index (χ2n) is 7.39. The highest BCUT2D eigenvalue weighted by molar-refractivity contribution is 7.86. The van der Waals surface area contributed by atoms with Gasteiger partial charge in [0.2, 0.25) is 0 Å². The summed E-state index contributed by atoms with van der Waals surface area (Å²) in [5.74, 6) is -0.527. The number of nitrogens with zero attached hydrogens (tertiary/aromatic N) is 2. The zero-order valence-corrected chi connectivity index (χ0v) is 20.8. The molecule has 174 valence electrons. The summed E-state index contributed by atoms with van der Waals surface area (Å²) < 4.78 is 27.7. The maximum atomic E-state index is 13.4. The third-order valence-corrected chi connectivity index (χ3v) is 7.81. The molecule has 0 aliphatic heterocycles. The van der Waals surface area contributed by atoms with Gasteiger partial charge in [-0.05, 0) is 62.2 Å². The first-order valence-corrected chi connectivity index (χ1v) is 13.2. The van der Waals surface area contributed by atoms with Gasteiger partial charge in [0, 0.05) is 22.3 Å². The number of halogens is 1. The summed E-state index contributed by atoms with van der Waals surface area (Å²) in [4.78, 5) is 14.3. The fourth-order valence-electron chi connectivity index (χ4n) is 3.44. The second-order valence-corrected chi connectivity index (χ2v) is 10.1. The summed E-state index contributed by atoms with van der Waals surface area (Å²) in [6, 6.07) is 9.68. The monoisotopic (exact) mass is 485 g/mol. The standard InChI is InChI=1S/C25H28FN3O2S2/c1-5-8-9-22-20(16-27-29(22)18-12-10-17(26)11-13-18)19(6-2)25(30)28-21(7-3)23-14-15-24(32-23)33(4)31/h6,8-16,21H,5,7H2,1-4H3,(H,28,30)/b9-8?,19-6+. The van der Waals surface area contributed by atoms with Gasteiger partial charge in [-0.1, -0.05) is 26.0 Å². The fraction of sp³-hybridized carbons (Fsp3) is 0.280.